The molecule has 1 fully saturated rings. The largest absolute Gasteiger partial charge is 0.378 e. The van der Waals surface area contributed by atoms with Crippen LogP contribution in [0.4, 0.5) is 5.69 Å². The number of hydrogen-bond donors (Lipinski definition) is 1. The molecule has 1 aliphatic rings. The van der Waals surface area contributed by atoms with E-state index in [4.69, 9.17) is 5.73 Å². The van der Waals surface area contributed by atoms with E-state index in [0.29, 0.717) is 12.5 Å². The van der Waals surface area contributed by atoms with Crippen LogP contribution in [0.5, 0.6) is 0 Å². The minimum atomic E-state index is 0. The maximum Gasteiger partial charge on any atom is 0.253 e. The van der Waals surface area contributed by atoms with Gasteiger partial charge in [0.1, 0.15) is 0 Å². The fourth-order valence-electron chi connectivity index (χ4n) is 2.82. The van der Waals surface area contributed by atoms with Crippen molar-refractivity contribution < 1.29 is 4.79 Å². The monoisotopic (exact) mass is 311 g/mol. The molecule has 1 aliphatic heterocycles. The summed E-state index contributed by atoms with van der Waals surface area (Å²) in [4.78, 5) is 16.6. The van der Waals surface area contributed by atoms with Crippen LogP contribution in [0.3, 0.4) is 0 Å². The summed E-state index contributed by atoms with van der Waals surface area (Å²) in [5, 5.41) is 0. The lowest BCUT2D eigenvalue weighted by molar-refractivity contribution is 0.0669. The molecule has 1 atom stereocenters. The second-order valence-electron chi connectivity index (χ2n) is 5.78. The van der Waals surface area contributed by atoms with Crippen LogP contribution in [0.15, 0.2) is 24.3 Å². The standard InChI is InChI=1S/C16H25N3O.ClH/c1-18(2)15-7-3-6-14(11-15)16(20)19-10-4-5-13(12-19)8-9-17;/h3,6-7,11,13H,4-5,8-10,12,17H2,1-2H3;1H. The third kappa shape index (κ3) is 4.61. The van der Waals surface area contributed by atoms with Gasteiger partial charge in [0, 0.05) is 38.4 Å². The van der Waals surface area contributed by atoms with Crippen molar-refractivity contribution >= 4 is 24.0 Å². The number of nitrogens with two attached hydrogens (primary N) is 1. The first-order valence-electron chi connectivity index (χ1n) is 7.38. The number of anilines is 1. The van der Waals surface area contributed by atoms with Gasteiger partial charge in [0.25, 0.3) is 5.91 Å². The molecule has 1 saturated heterocycles. The minimum absolute atomic E-state index is 0. The molecule has 0 saturated carbocycles. The van der Waals surface area contributed by atoms with Gasteiger partial charge >= 0.3 is 0 Å². The number of amides is 1. The number of piperidine rings is 1. The summed E-state index contributed by atoms with van der Waals surface area (Å²) < 4.78 is 0. The van der Waals surface area contributed by atoms with Crippen molar-refractivity contribution in [2.24, 2.45) is 11.7 Å². The van der Waals surface area contributed by atoms with Crippen molar-refractivity contribution in [2.75, 3.05) is 38.6 Å². The van der Waals surface area contributed by atoms with Crippen LogP contribution < -0.4 is 10.6 Å². The Labute approximate surface area is 133 Å². The number of hydrogen-bond acceptors (Lipinski definition) is 3. The number of likely N-dealkylation sites (tertiary alicyclic amines) is 1. The van der Waals surface area contributed by atoms with Gasteiger partial charge in [-0.3, -0.25) is 4.79 Å². The molecule has 0 spiro atoms. The van der Waals surface area contributed by atoms with Gasteiger partial charge in [-0.2, -0.15) is 0 Å². The third-order valence-corrected chi connectivity index (χ3v) is 3.99. The second kappa shape index (κ2) is 8.25. The molecule has 1 unspecified atom stereocenters. The van der Waals surface area contributed by atoms with Crippen molar-refractivity contribution in [3.63, 3.8) is 0 Å². The van der Waals surface area contributed by atoms with E-state index in [9.17, 15) is 4.79 Å². The Morgan fingerprint density at radius 1 is 1.43 bits per heavy atom. The lowest BCUT2D eigenvalue weighted by Crippen LogP contribution is -2.40. The van der Waals surface area contributed by atoms with Crippen LogP contribution in [0, 0.1) is 5.92 Å². The molecular formula is C16H26ClN3O. The van der Waals surface area contributed by atoms with E-state index >= 15 is 0 Å². The summed E-state index contributed by atoms with van der Waals surface area (Å²) in [6.45, 7) is 2.43. The normalized spacial score (nSPS) is 18.0. The summed E-state index contributed by atoms with van der Waals surface area (Å²) in [7, 11) is 3.98. The van der Waals surface area contributed by atoms with Gasteiger partial charge in [-0.1, -0.05) is 6.07 Å². The topological polar surface area (TPSA) is 49.6 Å². The third-order valence-electron chi connectivity index (χ3n) is 3.99. The molecule has 2 rings (SSSR count). The highest BCUT2D eigenvalue weighted by atomic mass is 35.5. The zero-order valence-electron chi connectivity index (χ0n) is 12.9. The van der Waals surface area contributed by atoms with Crippen LogP contribution in [0.1, 0.15) is 29.6 Å². The number of carbonyl (C=O) groups excluding carboxylic acids is 1. The maximum absolute atomic E-state index is 12.6. The smallest absolute Gasteiger partial charge is 0.253 e. The fourth-order valence-corrected chi connectivity index (χ4v) is 2.82. The molecule has 21 heavy (non-hydrogen) atoms. The lowest BCUT2D eigenvalue weighted by Gasteiger charge is -2.33. The molecule has 0 aromatic heterocycles. The molecule has 1 aromatic rings. The van der Waals surface area contributed by atoms with E-state index in [-0.39, 0.29) is 18.3 Å². The molecule has 0 bridgehead atoms. The van der Waals surface area contributed by atoms with Crippen molar-refractivity contribution in [2.45, 2.75) is 19.3 Å². The van der Waals surface area contributed by atoms with Crippen molar-refractivity contribution in [1.29, 1.82) is 0 Å². The number of benzene rings is 1. The Balaban J connectivity index is 0.00000220. The van der Waals surface area contributed by atoms with E-state index in [1.165, 1.54) is 6.42 Å². The van der Waals surface area contributed by atoms with Crippen LogP contribution in [0.25, 0.3) is 0 Å². The lowest BCUT2D eigenvalue weighted by atomic mass is 9.94. The van der Waals surface area contributed by atoms with E-state index in [1.807, 2.05) is 48.2 Å². The Morgan fingerprint density at radius 3 is 2.86 bits per heavy atom. The molecule has 1 amide bonds. The zero-order chi connectivity index (χ0) is 14.5. The summed E-state index contributed by atoms with van der Waals surface area (Å²) in [6.07, 6.45) is 3.30. The number of rotatable bonds is 4. The molecular weight excluding hydrogens is 286 g/mol. The first kappa shape index (κ1) is 17.8. The van der Waals surface area contributed by atoms with Crippen molar-refractivity contribution in [3.05, 3.63) is 29.8 Å². The van der Waals surface area contributed by atoms with Crippen LogP contribution in [-0.2, 0) is 0 Å². The maximum atomic E-state index is 12.6. The fraction of sp³-hybridized carbons (Fsp3) is 0.562. The van der Waals surface area contributed by atoms with Gasteiger partial charge in [-0.05, 0) is 49.9 Å². The molecule has 5 heteroatoms. The van der Waals surface area contributed by atoms with Crippen molar-refractivity contribution in [1.82, 2.24) is 4.90 Å². The van der Waals surface area contributed by atoms with Crippen LogP contribution >= 0.6 is 12.4 Å². The Bertz CT molecular complexity index is 463. The molecule has 118 valence electrons. The average molecular weight is 312 g/mol. The molecule has 1 heterocycles. The second-order valence-corrected chi connectivity index (χ2v) is 5.78. The van der Waals surface area contributed by atoms with E-state index in [1.54, 1.807) is 0 Å². The minimum Gasteiger partial charge on any atom is -0.378 e. The highest BCUT2D eigenvalue weighted by molar-refractivity contribution is 5.95. The van der Waals surface area contributed by atoms with Crippen molar-refractivity contribution in [3.8, 4) is 0 Å². The predicted octanol–water partition coefficient (Wildman–Crippen LogP) is 2.38. The van der Waals surface area contributed by atoms with Gasteiger partial charge in [0.15, 0.2) is 0 Å². The highest BCUT2D eigenvalue weighted by Crippen LogP contribution is 2.22. The summed E-state index contributed by atoms with van der Waals surface area (Å²) in [5.41, 5.74) is 7.48. The summed E-state index contributed by atoms with van der Waals surface area (Å²) >= 11 is 0. The van der Waals surface area contributed by atoms with E-state index in [0.717, 1.165) is 37.2 Å². The summed E-state index contributed by atoms with van der Waals surface area (Å²) in [5.74, 6) is 0.713. The highest BCUT2D eigenvalue weighted by Gasteiger charge is 2.24. The van der Waals surface area contributed by atoms with Gasteiger partial charge in [-0.25, -0.2) is 0 Å². The molecule has 1 aromatic carbocycles. The SMILES string of the molecule is CN(C)c1cccc(C(=O)N2CCCC(CCN)C2)c1.Cl. The van der Waals surface area contributed by atoms with Crippen LogP contribution in [-0.4, -0.2) is 44.5 Å². The first-order chi connectivity index (χ1) is 9.61. The number of nitrogens with zero attached hydrogens (tertiary/aromatic N) is 2. The predicted molar refractivity (Wildman–Crippen MR) is 90.3 cm³/mol. The van der Waals surface area contributed by atoms with Gasteiger partial charge < -0.3 is 15.5 Å². The Kier molecular flexibility index (Phi) is 6.99. The first-order valence-corrected chi connectivity index (χ1v) is 7.38. The zero-order valence-corrected chi connectivity index (χ0v) is 13.7. The molecule has 0 radical (unpaired) electrons. The molecule has 0 aliphatic carbocycles. The van der Waals surface area contributed by atoms with E-state index in [2.05, 4.69) is 0 Å². The quantitative estimate of drug-likeness (QED) is 0.929. The van der Waals surface area contributed by atoms with Gasteiger partial charge in [0.2, 0.25) is 0 Å². The molecule has 2 N–H and O–H groups in total. The number of halogens is 1. The van der Waals surface area contributed by atoms with Gasteiger partial charge in [0.05, 0.1) is 0 Å². The van der Waals surface area contributed by atoms with Crippen LogP contribution in [0.2, 0.25) is 0 Å². The Morgan fingerprint density at radius 2 is 2.19 bits per heavy atom. The Hall–Kier alpha value is -1.26. The average Bonchev–Trinajstić information content (AvgIpc) is 2.47. The summed E-state index contributed by atoms with van der Waals surface area (Å²) in [6, 6.07) is 7.84. The molecule has 4 nitrogen and oxygen atoms in total. The number of carbonyl (C=O) groups is 1. The van der Waals surface area contributed by atoms with E-state index < -0.39 is 0 Å². The van der Waals surface area contributed by atoms with Gasteiger partial charge in [-0.15, -0.1) is 12.4 Å².